The maximum Gasteiger partial charge on any atom is 0.261 e. The zero-order valence-corrected chi connectivity index (χ0v) is 10.4. The summed E-state index contributed by atoms with van der Waals surface area (Å²) in [5.74, 6) is -0.165. The second-order valence-corrected chi connectivity index (χ2v) is 3.98. The molecule has 2 rings (SSSR count). The maximum atomic E-state index is 11.6. The van der Waals surface area contributed by atoms with E-state index in [-0.39, 0.29) is 18.2 Å². The number of phenolic OH excluding ortho intramolecular Hbond substituents is 1. The van der Waals surface area contributed by atoms with Gasteiger partial charge in [-0.3, -0.25) is 9.48 Å². The molecule has 1 heterocycles. The molecule has 6 nitrogen and oxygen atoms in total. The number of nitrogens with one attached hydrogen (secondary N) is 1. The molecule has 0 saturated carbocycles. The van der Waals surface area contributed by atoms with E-state index < -0.39 is 0 Å². The Bertz CT molecular complexity index is 604. The van der Waals surface area contributed by atoms with Crippen LogP contribution in [0.5, 0.6) is 5.75 Å². The van der Waals surface area contributed by atoms with Crippen molar-refractivity contribution < 1.29 is 9.90 Å². The number of rotatable bonds is 4. The Labute approximate surface area is 110 Å². The van der Waals surface area contributed by atoms with E-state index >= 15 is 0 Å². The van der Waals surface area contributed by atoms with Crippen LogP contribution < -0.4 is 5.43 Å². The Morgan fingerprint density at radius 2 is 2.26 bits per heavy atom. The number of para-hydroxylation sites is 1. The van der Waals surface area contributed by atoms with E-state index in [1.54, 1.807) is 35.1 Å². The van der Waals surface area contributed by atoms with Crippen LogP contribution in [0.1, 0.15) is 11.3 Å². The molecule has 0 fully saturated rings. The Morgan fingerprint density at radius 1 is 1.47 bits per heavy atom. The van der Waals surface area contributed by atoms with E-state index in [9.17, 15) is 9.90 Å². The number of hydrazone groups is 1. The molecule has 2 aromatic rings. The molecule has 0 unspecified atom stereocenters. The van der Waals surface area contributed by atoms with Gasteiger partial charge in [-0.05, 0) is 25.1 Å². The molecule has 0 aliphatic heterocycles. The van der Waals surface area contributed by atoms with E-state index in [0.29, 0.717) is 5.56 Å². The SMILES string of the molecule is Cc1ccnn1CC(=O)N/N=C/c1ccccc1O. The first-order valence-corrected chi connectivity index (χ1v) is 5.75. The number of carbonyl (C=O) groups excluding carboxylic acids is 1. The first-order chi connectivity index (χ1) is 9.16. The smallest absolute Gasteiger partial charge is 0.261 e. The third kappa shape index (κ3) is 3.41. The lowest BCUT2D eigenvalue weighted by molar-refractivity contribution is -0.121. The van der Waals surface area contributed by atoms with Gasteiger partial charge in [0.15, 0.2) is 0 Å². The van der Waals surface area contributed by atoms with Crippen molar-refractivity contribution >= 4 is 12.1 Å². The average molecular weight is 258 g/mol. The minimum atomic E-state index is -0.279. The summed E-state index contributed by atoms with van der Waals surface area (Å²) in [6.45, 7) is 1.97. The zero-order chi connectivity index (χ0) is 13.7. The number of hydrogen-bond donors (Lipinski definition) is 2. The monoisotopic (exact) mass is 258 g/mol. The number of aryl methyl sites for hydroxylation is 1. The highest BCUT2D eigenvalue weighted by atomic mass is 16.3. The Balaban J connectivity index is 1.91. The van der Waals surface area contributed by atoms with Gasteiger partial charge in [-0.2, -0.15) is 10.2 Å². The highest BCUT2D eigenvalue weighted by molar-refractivity contribution is 5.84. The summed E-state index contributed by atoms with van der Waals surface area (Å²) in [5.41, 5.74) is 3.82. The van der Waals surface area contributed by atoms with Crippen LogP contribution in [-0.2, 0) is 11.3 Å². The molecule has 0 aliphatic carbocycles. The summed E-state index contributed by atoms with van der Waals surface area (Å²) in [7, 11) is 0. The highest BCUT2D eigenvalue weighted by Crippen LogP contribution is 2.12. The fourth-order valence-electron chi connectivity index (χ4n) is 1.51. The second kappa shape index (κ2) is 5.81. The molecule has 0 radical (unpaired) electrons. The van der Waals surface area contributed by atoms with Crippen LogP contribution in [0.2, 0.25) is 0 Å². The van der Waals surface area contributed by atoms with Gasteiger partial charge in [-0.15, -0.1) is 0 Å². The van der Waals surface area contributed by atoms with E-state index in [4.69, 9.17) is 0 Å². The third-order valence-corrected chi connectivity index (χ3v) is 2.55. The zero-order valence-electron chi connectivity index (χ0n) is 10.4. The van der Waals surface area contributed by atoms with E-state index in [1.807, 2.05) is 13.0 Å². The van der Waals surface area contributed by atoms with Crippen molar-refractivity contribution in [2.45, 2.75) is 13.5 Å². The normalized spacial score (nSPS) is 10.8. The summed E-state index contributed by atoms with van der Waals surface area (Å²) in [5, 5.41) is 17.3. The number of carbonyl (C=O) groups is 1. The van der Waals surface area contributed by atoms with Crippen LogP contribution >= 0.6 is 0 Å². The van der Waals surface area contributed by atoms with Crippen LogP contribution in [0.25, 0.3) is 0 Å². The molecule has 0 atom stereocenters. The van der Waals surface area contributed by atoms with E-state index in [2.05, 4.69) is 15.6 Å². The lowest BCUT2D eigenvalue weighted by atomic mass is 10.2. The van der Waals surface area contributed by atoms with Crippen molar-refractivity contribution in [2.24, 2.45) is 5.10 Å². The number of phenols is 1. The lowest BCUT2D eigenvalue weighted by Gasteiger charge is -2.02. The molecule has 1 amide bonds. The molecule has 0 saturated heterocycles. The van der Waals surface area contributed by atoms with E-state index in [0.717, 1.165) is 5.69 Å². The quantitative estimate of drug-likeness (QED) is 0.635. The second-order valence-electron chi connectivity index (χ2n) is 3.98. The molecule has 98 valence electrons. The number of aromatic hydroxyl groups is 1. The van der Waals surface area contributed by atoms with Gasteiger partial charge < -0.3 is 5.11 Å². The predicted octanol–water partition coefficient (Wildman–Crippen LogP) is 1.05. The minimum absolute atomic E-state index is 0.108. The van der Waals surface area contributed by atoms with Crippen LogP contribution in [0.15, 0.2) is 41.6 Å². The Morgan fingerprint density at radius 3 is 2.95 bits per heavy atom. The number of hydrogen-bond acceptors (Lipinski definition) is 4. The largest absolute Gasteiger partial charge is 0.507 e. The van der Waals surface area contributed by atoms with E-state index in [1.165, 1.54) is 6.21 Å². The van der Waals surface area contributed by atoms with Gasteiger partial charge in [0.2, 0.25) is 0 Å². The highest BCUT2D eigenvalue weighted by Gasteiger charge is 2.03. The molecule has 19 heavy (non-hydrogen) atoms. The molecular weight excluding hydrogens is 244 g/mol. The van der Waals surface area contributed by atoms with Crippen LogP contribution in [-0.4, -0.2) is 27.0 Å². The molecule has 1 aromatic carbocycles. The Hall–Kier alpha value is -2.63. The number of amides is 1. The summed E-state index contributed by atoms with van der Waals surface area (Å²) in [6, 6.07) is 8.55. The fourth-order valence-corrected chi connectivity index (χ4v) is 1.51. The minimum Gasteiger partial charge on any atom is -0.507 e. The first kappa shape index (κ1) is 12.8. The van der Waals surface area contributed by atoms with Crippen molar-refractivity contribution in [3.05, 3.63) is 47.8 Å². The summed E-state index contributed by atoms with van der Waals surface area (Å²) in [6.07, 6.45) is 3.02. The van der Waals surface area contributed by atoms with Gasteiger partial charge in [0.1, 0.15) is 12.3 Å². The number of benzene rings is 1. The molecular formula is C13H14N4O2. The number of nitrogens with zero attached hydrogens (tertiary/aromatic N) is 3. The van der Waals surface area contributed by atoms with Crippen molar-refractivity contribution in [1.82, 2.24) is 15.2 Å². The molecule has 0 aliphatic rings. The van der Waals surface area contributed by atoms with Crippen LogP contribution in [0, 0.1) is 6.92 Å². The Kier molecular flexibility index (Phi) is 3.92. The van der Waals surface area contributed by atoms with Crippen LogP contribution in [0.4, 0.5) is 0 Å². The molecule has 0 bridgehead atoms. The van der Waals surface area contributed by atoms with Gasteiger partial charge >= 0.3 is 0 Å². The fraction of sp³-hybridized carbons (Fsp3) is 0.154. The summed E-state index contributed by atoms with van der Waals surface area (Å²) >= 11 is 0. The number of aromatic nitrogens is 2. The predicted molar refractivity (Wildman–Crippen MR) is 70.8 cm³/mol. The topological polar surface area (TPSA) is 79.5 Å². The third-order valence-electron chi connectivity index (χ3n) is 2.55. The summed E-state index contributed by atoms with van der Waals surface area (Å²) < 4.78 is 1.57. The molecule has 6 heteroatoms. The van der Waals surface area contributed by atoms with Gasteiger partial charge in [-0.25, -0.2) is 5.43 Å². The van der Waals surface area contributed by atoms with Crippen molar-refractivity contribution in [3.63, 3.8) is 0 Å². The van der Waals surface area contributed by atoms with Crippen LogP contribution in [0.3, 0.4) is 0 Å². The van der Waals surface area contributed by atoms with Gasteiger partial charge in [-0.1, -0.05) is 12.1 Å². The molecule has 2 N–H and O–H groups in total. The standard InChI is InChI=1S/C13H14N4O2/c1-10-6-7-15-17(10)9-13(19)16-14-8-11-4-2-3-5-12(11)18/h2-8,18H,9H2,1H3,(H,16,19)/b14-8+. The van der Waals surface area contributed by atoms with Crippen molar-refractivity contribution in [3.8, 4) is 5.75 Å². The van der Waals surface area contributed by atoms with Gasteiger partial charge in [0.25, 0.3) is 5.91 Å². The van der Waals surface area contributed by atoms with Crippen molar-refractivity contribution in [2.75, 3.05) is 0 Å². The maximum absolute atomic E-state index is 11.6. The van der Waals surface area contributed by atoms with Crippen molar-refractivity contribution in [1.29, 1.82) is 0 Å². The molecule has 1 aromatic heterocycles. The summed E-state index contributed by atoms with van der Waals surface area (Å²) in [4.78, 5) is 11.6. The lowest BCUT2D eigenvalue weighted by Crippen LogP contribution is -2.24. The average Bonchev–Trinajstić information content (AvgIpc) is 2.77. The first-order valence-electron chi connectivity index (χ1n) is 5.75. The van der Waals surface area contributed by atoms with Gasteiger partial charge in [0, 0.05) is 17.5 Å². The van der Waals surface area contributed by atoms with Gasteiger partial charge in [0.05, 0.1) is 6.21 Å². The molecule has 0 spiro atoms.